The number of unbranched alkanes of at least 4 members (excludes halogenated alkanes) is 1. The monoisotopic (exact) mass is 405 g/mol. The maximum atomic E-state index is 13.8. The van der Waals surface area contributed by atoms with E-state index < -0.39 is 5.82 Å². The van der Waals surface area contributed by atoms with Crippen LogP contribution in [-0.4, -0.2) is 5.97 Å². The molecule has 156 valence electrons. The molecule has 0 unspecified atom stereocenters. The number of hydrogen-bond acceptors (Lipinski definition) is 3. The van der Waals surface area contributed by atoms with Crippen molar-refractivity contribution >= 4 is 5.97 Å². The van der Waals surface area contributed by atoms with Crippen molar-refractivity contribution in [1.82, 2.24) is 0 Å². The summed E-state index contributed by atoms with van der Waals surface area (Å²) in [6.07, 6.45) is 9.89. The van der Waals surface area contributed by atoms with Gasteiger partial charge in [0, 0.05) is 6.07 Å². The lowest BCUT2D eigenvalue weighted by atomic mass is 9.74. The summed E-state index contributed by atoms with van der Waals surface area (Å²) in [7, 11) is 0. The van der Waals surface area contributed by atoms with Crippen LogP contribution in [-0.2, 0) is 30.5 Å². The average molecular weight is 406 g/mol. The maximum Gasteiger partial charge on any atom is 0.314 e. The summed E-state index contributed by atoms with van der Waals surface area (Å²) in [5, 5.41) is 8.83. The van der Waals surface area contributed by atoms with Crippen molar-refractivity contribution in [3.63, 3.8) is 0 Å². The molecule has 2 aliphatic rings. The molecular formula is C26H28FNO2. The van der Waals surface area contributed by atoms with Crippen LogP contribution < -0.4 is 4.74 Å². The minimum Gasteiger partial charge on any atom is -0.426 e. The number of nitrogens with zero attached hydrogens (tertiary/aromatic N) is 1. The van der Waals surface area contributed by atoms with Gasteiger partial charge in [-0.05, 0) is 78.8 Å². The van der Waals surface area contributed by atoms with Crippen molar-refractivity contribution in [3.05, 3.63) is 64.0 Å². The minimum absolute atomic E-state index is 0.0527. The predicted molar refractivity (Wildman–Crippen MR) is 114 cm³/mol. The Morgan fingerprint density at radius 3 is 2.57 bits per heavy atom. The Kier molecular flexibility index (Phi) is 6.18. The maximum absolute atomic E-state index is 13.8. The molecule has 0 aliphatic heterocycles. The quantitative estimate of drug-likeness (QED) is 0.473. The number of nitriles is 1. The molecule has 2 atom stereocenters. The Bertz CT molecular complexity index is 991. The van der Waals surface area contributed by atoms with Gasteiger partial charge in [0.2, 0.25) is 0 Å². The Balaban J connectivity index is 1.43. The van der Waals surface area contributed by atoms with E-state index in [-0.39, 0.29) is 23.2 Å². The van der Waals surface area contributed by atoms with Crippen LogP contribution in [0.2, 0.25) is 0 Å². The van der Waals surface area contributed by atoms with E-state index in [1.165, 1.54) is 66.5 Å². The molecule has 4 rings (SSSR count). The summed E-state index contributed by atoms with van der Waals surface area (Å²) in [5.74, 6) is -0.224. The average Bonchev–Trinajstić information content (AvgIpc) is 2.77. The van der Waals surface area contributed by atoms with E-state index in [9.17, 15) is 9.18 Å². The molecule has 2 aliphatic carbocycles. The molecule has 0 aromatic heterocycles. The molecule has 0 spiro atoms. The van der Waals surface area contributed by atoms with Gasteiger partial charge in [0.1, 0.15) is 17.6 Å². The number of benzene rings is 2. The van der Waals surface area contributed by atoms with Crippen LogP contribution >= 0.6 is 0 Å². The van der Waals surface area contributed by atoms with Crippen LogP contribution in [0.4, 0.5) is 4.39 Å². The number of esters is 1. The molecule has 0 radical (unpaired) electrons. The number of halogens is 1. The molecule has 2 aromatic rings. The van der Waals surface area contributed by atoms with E-state index >= 15 is 0 Å². The summed E-state index contributed by atoms with van der Waals surface area (Å²) >= 11 is 0. The molecule has 0 saturated carbocycles. The van der Waals surface area contributed by atoms with Crippen molar-refractivity contribution in [1.29, 1.82) is 5.26 Å². The third-order valence-electron chi connectivity index (χ3n) is 6.72. The van der Waals surface area contributed by atoms with Crippen molar-refractivity contribution < 1.29 is 13.9 Å². The first kappa shape index (κ1) is 20.6. The molecular weight excluding hydrogens is 377 g/mol. The van der Waals surface area contributed by atoms with Crippen LogP contribution in [0.15, 0.2) is 30.3 Å². The first-order valence-corrected chi connectivity index (χ1v) is 11.1. The molecule has 0 N–H and O–H groups in total. The Morgan fingerprint density at radius 2 is 1.87 bits per heavy atom. The summed E-state index contributed by atoms with van der Waals surface area (Å²) in [5.41, 5.74) is 5.70. The molecule has 2 aromatic carbocycles. The zero-order valence-corrected chi connectivity index (χ0v) is 17.5. The predicted octanol–water partition coefficient (Wildman–Crippen LogP) is 5.70. The minimum atomic E-state index is -0.666. The smallest absolute Gasteiger partial charge is 0.314 e. The van der Waals surface area contributed by atoms with Gasteiger partial charge < -0.3 is 4.74 Å². The van der Waals surface area contributed by atoms with E-state index in [1.807, 2.05) is 0 Å². The molecule has 30 heavy (non-hydrogen) atoms. The van der Waals surface area contributed by atoms with Gasteiger partial charge in [0.05, 0.1) is 11.5 Å². The van der Waals surface area contributed by atoms with Crippen molar-refractivity contribution in [2.24, 2.45) is 11.8 Å². The van der Waals surface area contributed by atoms with Crippen molar-refractivity contribution in [2.45, 2.75) is 64.7 Å². The van der Waals surface area contributed by atoms with E-state index in [1.54, 1.807) is 6.07 Å². The Labute approximate surface area is 177 Å². The second kappa shape index (κ2) is 9.00. The van der Waals surface area contributed by atoms with Crippen molar-refractivity contribution in [3.8, 4) is 11.8 Å². The molecule has 4 heteroatoms. The number of fused-ring (bicyclic) bond motifs is 3. The topological polar surface area (TPSA) is 50.1 Å². The Morgan fingerprint density at radius 1 is 1.13 bits per heavy atom. The zero-order chi connectivity index (χ0) is 21.1. The fourth-order valence-electron chi connectivity index (χ4n) is 5.03. The van der Waals surface area contributed by atoms with Crippen LogP contribution in [0, 0.1) is 29.0 Å². The standard InChI is InChI=1S/C26H28FNO2/c1-2-3-4-17-5-11-23-18(13-17)6-7-19-14-20(9-12-24(19)23)26(29)30-22-10-8-21(16-28)25(27)15-22/h6-8,10,15,17,20H,2-5,9,11-14H2,1H3/t17-,20-/m0/s1. The highest BCUT2D eigenvalue weighted by Crippen LogP contribution is 2.36. The van der Waals surface area contributed by atoms with Gasteiger partial charge >= 0.3 is 5.97 Å². The number of ether oxygens (including phenoxy) is 1. The summed E-state index contributed by atoms with van der Waals surface area (Å²) < 4.78 is 19.2. The lowest BCUT2D eigenvalue weighted by molar-refractivity contribution is -0.139. The highest BCUT2D eigenvalue weighted by molar-refractivity contribution is 5.76. The first-order chi connectivity index (χ1) is 14.6. The molecule has 0 fully saturated rings. The normalized spacial score (nSPS) is 20.0. The summed E-state index contributed by atoms with van der Waals surface area (Å²) in [4.78, 5) is 12.7. The van der Waals surface area contributed by atoms with Crippen LogP contribution in [0.5, 0.6) is 5.75 Å². The second-order valence-electron chi connectivity index (χ2n) is 8.71. The third kappa shape index (κ3) is 4.26. The van der Waals surface area contributed by atoms with Crippen molar-refractivity contribution in [2.75, 3.05) is 0 Å². The fourth-order valence-corrected chi connectivity index (χ4v) is 5.03. The lowest BCUT2D eigenvalue weighted by Crippen LogP contribution is -2.28. The van der Waals surface area contributed by atoms with Gasteiger partial charge in [-0.15, -0.1) is 0 Å². The molecule has 0 bridgehead atoms. The van der Waals surface area contributed by atoms with Crippen LogP contribution in [0.25, 0.3) is 0 Å². The second-order valence-corrected chi connectivity index (χ2v) is 8.71. The van der Waals surface area contributed by atoms with Gasteiger partial charge in [-0.3, -0.25) is 4.79 Å². The molecule has 0 amide bonds. The highest BCUT2D eigenvalue weighted by atomic mass is 19.1. The molecule has 0 heterocycles. The number of carbonyl (C=O) groups excluding carboxylic acids is 1. The Hall–Kier alpha value is -2.67. The van der Waals surface area contributed by atoms with Gasteiger partial charge in [-0.1, -0.05) is 38.3 Å². The molecule has 0 saturated heterocycles. The van der Waals surface area contributed by atoms with E-state index in [4.69, 9.17) is 10.00 Å². The summed E-state index contributed by atoms with van der Waals surface area (Å²) in [6.45, 7) is 2.26. The first-order valence-electron chi connectivity index (χ1n) is 11.1. The van der Waals surface area contributed by atoms with Gasteiger partial charge in [0.15, 0.2) is 0 Å². The number of carbonyl (C=O) groups is 1. The zero-order valence-electron chi connectivity index (χ0n) is 17.5. The van der Waals surface area contributed by atoms with Gasteiger partial charge in [-0.2, -0.15) is 5.26 Å². The van der Waals surface area contributed by atoms with Crippen LogP contribution in [0.1, 0.15) is 66.8 Å². The largest absolute Gasteiger partial charge is 0.426 e. The van der Waals surface area contributed by atoms with Gasteiger partial charge in [0.25, 0.3) is 0 Å². The van der Waals surface area contributed by atoms with E-state index in [0.717, 1.165) is 31.2 Å². The third-order valence-corrected chi connectivity index (χ3v) is 6.72. The summed E-state index contributed by atoms with van der Waals surface area (Å²) in [6, 6.07) is 10.2. The fraction of sp³-hybridized carbons (Fsp3) is 0.462. The van der Waals surface area contributed by atoms with Gasteiger partial charge in [-0.25, -0.2) is 4.39 Å². The number of hydrogen-bond donors (Lipinski definition) is 0. The van der Waals surface area contributed by atoms with Crippen LogP contribution in [0.3, 0.4) is 0 Å². The SMILES string of the molecule is CCCC[C@H]1CCc2c(ccc3c2CC[C@H](C(=O)Oc2ccc(C#N)c(F)c2)C3)C1. The lowest BCUT2D eigenvalue weighted by Gasteiger charge is -2.31. The van der Waals surface area contributed by atoms with E-state index in [2.05, 4.69) is 19.1 Å². The number of rotatable bonds is 5. The van der Waals surface area contributed by atoms with E-state index in [0.29, 0.717) is 6.42 Å². The highest BCUT2D eigenvalue weighted by Gasteiger charge is 2.30. The molecule has 3 nitrogen and oxygen atoms in total.